The van der Waals surface area contributed by atoms with Gasteiger partial charge in [-0.15, -0.1) is 0 Å². The van der Waals surface area contributed by atoms with Gasteiger partial charge in [0.15, 0.2) is 0 Å². The fourth-order valence-electron chi connectivity index (χ4n) is 3.55. The van der Waals surface area contributed by atoms with Crippen LogP contribution in [-0.2, 0) is 6.54 Å². The van der Waals surface area contributed by atoms with Gasteiger partial charge in [-0.1, -0.05) is 31.4 Å². The van der Waals surface area contributed by atoms with Crippen molar-refractivity contribution in [1.29, 1.82) is 0 Å². The Kier molecular flexibility index (Phi) is 5.81. The van der Waals surface area contributed by atoms with E-state index >= 15 is 0 Å². The Labute approximate surface area is 152 Å². The number of nitrogens with zero attached hydrogens (tertiary/aromatic N) is 3. The number of hydrogen-bond donors (Lipinski definition) is 0. The Morgan fingerprint density at radius 3 is 2.50 bits per heavy atom. The minimum Gasteiger partial charge on any atom is -0.335 e. The van der Waals surface area contributed by atoms with Crippen LogP contribution in [0.15, 0.2) is 41.2 Å². The van der Waals surface area contributed by atoms with E-state index in [1.807, 2.05) is 11.8 Å². The van der Waals surface area contributed by atoms with E-state index in [9.17, 15) is 14.0 Å². The van der Waals surface area contributed by atoms with Gasteiger partial charge < -0.3 is 4.90 Å². The number of halogens is 1. The summed E-state index contributed by atoms with van der Waals surface area (Å²) in [5.74, 6) is -0.462. The third-order valence-corrected chi connectivity index (χ3v) is 4.95. The first-order valence-corrected chi connectivity index (χ1v) is 9.22. The Morgan fingerprint density at radius 2 is 1.85 bits per heavy atom. The molecule has 1 aromatic heterocycles. The van der Waals surface area contributed by atoms with E-state index in [4.69, 9.17) is 0 Å². The molecule has 1 amide bonds. The Morgan fingerprint density at radius 1 is 1.15 bits per heavy atom. The lowest BCUT2D eigenvalue weighted by Gasteiger charge is -2.33. The molecule has 0 spiro atoms. The van der Waals surface area contributed by atoms with Crippen LogP contribution in [-0.4, -0.2) is 33.2 Å². The van der Waals surface area contributed by atoms with E-state index in [0.717, 1.165) is 31.2 Å². The van der Waals surface area contributed by atoms with Gasteiger partial charge in [0.05, 0.1) is 6.54 Å². The molecule has 1 saturated carbocycles. The quantitative estimate of drug-likeness (QED) is 0.826. The van der Waals surface area contributed by atoms with Gasteiger partial charge in [-0.2, -0.15) is 5.10 Å². The summed E-state index contributed by atoms with van der Waals surface area (Å²) in [6, 6.07) is 9.03. The molecule has 0 unspecified atom stereocenters. The zero-order chi connectivity index (χ0) is 18.5. The number of carbonyl (C=O) groups excluding carboxylic acids is 1. The van der Waals surface area contributed by atoms with Crippen molar-refractivity contribution in [2.24, 2.45) is 0 Å². The van der Waals surface area contributed by atoms with Crippen molar-refractivity contribution in [2.75, 3.05) is 6.54 Å². The van der Waals surface area contributed by atoms with Gasteiger partial charge in [-0.25, -0.2) is 9.07 Å². The number of amides is 1. The van der Waals surface area contributed by atoms with Crippen LogP contribution in [0.5, 0.6) is 0 Å². The Hall–Kier alpha value is -2.50. The van der Waals surface area contributed by atoms with Gasteiger partial charge >= 0.3 is 0 Å². The van der Waals surface area contributed by atoms with Crippen LogP contribution in [0.2, 0.25) is 0 Å². The second-order valence-electron chi connectivity index (χ2n) is 6.72. The van der Waals surface area contributed by atoms with Crippen LogP contribution < -0.4 is 5.56 Å². The number of hydrogen-bond acceptors (Lipinski definition) is 3. The maximum Gasteiger partial charge on any atom is 0.274 e. The number of benzene rings is 1. The highest BCUT2D eigenvalue weighted by Gasteiger charge is 2.26. The predicted octanol–water partition coefficient (Wildman–Crippen LogP) is 3.23. The average molecular weight is 357 g/mol. The van der Waals surface area contributed by atoms with Gasteiger partial charge in [-0.05, 0) is 43.5 Å². The first-order chi connectivity index (χ1) is 12.6. The van der Waals surface area contributed by atoms with Crippen molar-refractivity contribution >= 4 is 5.91 Å². The third-order valence-electron chi connectivity index (χ3n) is 4.95. The summed E-state index contributed by atoms with van der Waals surface area (Å²) in [5, 5.41) is 4.27. The zero-order valence-electron chi connectivity index (χ0n) is 15.0. The van der Waals surface area contributed by atoms with E-state index in [1.165, 1.54) is 35.4 Å². The number of rotatable bonds is 5. The minimum atomic E-state index is -0.330. The molecule has 1 aliphatic carbocycles. The molecule has 1 fully saturated rings. The summed E-state index contributed by atoms with van der Waals surface area (Å²) in [7, 11) is 0. The Bertz CT molecular complexity index is 811. The predicted molar refractivity (Wildman–Crippen MR) is 97.6 cm³/mol. The summed E-state index contributed by atoms with van der Waals surface area (Å²) >= 11 is 0. The zero-order valence-corrected chi connectivity index (χ0v) is 15.0. The molecule has 0 radical (unpaired) electrons. The highest BCUT2D eigenvalue weighted by Crippen LogP contribution is 2.23. The van der Waals surface area contributed by atoms with E-state index in [-0.39, 0.29) is 35.6 Å². The monoisotopic (exact) mass is 357 g/mol. The van der Waals surface area contributed by atoms with Crippen molar-refractivity contribution in [1.82, 2.24) is 14.7 Å². The van der Waals surface area contributed by atoms with Crippen molar-refractivity contribution in [3.05, 3.63) is 63.8 Å². The van der Waals surface area contributed by atoms with Gasteiger partial charge in [-0.3, -0.25) is 9.59 Å². The largest absolute Gasteiger partial charge is 0.335 e. The normalized spacial score (nSPS) is 15.0. The summed E-state index contributed by atoms with van der Waals surface area (Å²) in [4.78, 5) is 26.9. The molecule has 1 aliphatic rings. The van der Waals surface area contributed by atoms with Crippen molar-refractivity contribution < 1.29 is 9.18 Å². The molecule has 2 aromatic rings. The maximum absolute atomic E-state index is 13.0. The molecule has 0 bridgehead atoms. The van der Waals surface area contributed by atoms with Crippen LogP contribution in [0.3, 0.4) is 0 Å². The first-order valence-electron chi connectivity index (χ1n) is 9.22. The Balaban J connectivity index is 1.82. The lowest BCUT2D eigenvalue weighted by Crippen LogP contribution is -2.42. The minimum absolute atomic E-state index is 0.132. The SMILES string of the molecule is CCN(C(=O)c1ccc(=O)n(Cc2ccc(F)cc2)n1)C1CCCCC1. The second-order valence-corrected chi connectivity index (χ2v) is 6.72. The highest BCUT2D eigenvalue weighted by molar-refractivity contribution is 5.92. The lowest BCUT2D eigenvalue weighted by atomic mass is 9.94. The van der Waals surface area contributed by atoms with Crippen molar-refractivity contribution in [3.63, 3.8) is 0 Å². The molecule has 3 rings (SSSR count). The van der Waals surface area contributed by atoms with E-state index in [2.05, 4.69) is 5.10 Å². The highest BCUT2D eigenvalue weighted by atomic mass is 19.1. The van der Waals surface area contributed by atoms with Crippen LogP contribution in [0.25, 0.3) is 0 Å². The van der Waals surface area contributed by atoms with Gasteiger partial charge in [0.2, 0.25) is 0 Å². The molecule has 0 aliphatic heterocycles. The molecular formula is C20H24FN3O2. The summed E-state index contributed by atoms with van der Waals surface area (Å²) in [6.45, 7) is 2.80. The molecule has 0 saturated heterocycles. The summed E-state index contributed by atoms with van der Waals surface area (Å²) in [6.07, 6.45) is 5.56. The molecule has 1 aromatic carbocycles. The van der Waals surface area contributed by atoms with Crippen LogP contribution in [0, 0.1) is 5.82 Å². The van der Waals surface area contributed by atoms with Gasteiger partial charge in [0.25, 0.3) is 11.5 Å². The van der Waals surface area contributed by atoms with Crippen LogP contribution in [0.1, 0.15) is 55.1 Å². The van der Waals surface area contributed by atoms with Gasteiger partial charge in [0, 0.05) is 18.7 Å². The molecule has 138 valence electrons. The maximum atomic E-state index is 13.0. The standard InChI is InChI=1S/C20H24FN3O2/c1-2-23(17-6-4-3-5-7-17)20(26)18-12-13-19(25)24(22-18)14-15-8-10-16(21)11-9-15/h8-13,17H,2-7,14H2,1H3. The fraction of sp³-hybridized carbons (Fsp3) is 0.450. The topological polar surface area (TPSA) is 55.2 Å². The van der Waals surface area contributed by atoms with Crippen LogP contribution in [0.4, 0.5) is 4.39 Å². The second kappa shape index (κ2) is 8.25. The average Bonchev–Trinajstić information content (AvgIpc) is 2.66. The van der Waals surface area contributed by atoms with Crippen LogP contribution >= 0.6 is 0 Å². The fourth-order valence-corrected chi connectivity index (χ4v) is 3.55. The summed E-state index contributed by atoms with van der Waals surface area (Å²) in [5.41, 5.74) is 0.746. The van der Waals surface area contributed by atoms with E-state index < -0.39 is 0 Å². The van der Waals surface area contributed by atoms with Crippen molar-refractivity contribution in [3.8, 4) is 0 Å². The van der Waals surface area contributed by atoms with E-state index in [1.54, 1.807) is 12.1 Å². The summed E-state index contributed by atoms with van der Waals surface area (Å²) < 4.78 is 14.3. The molecule has 5 nitrogen and oxygen atoms in total. The van der Waals surface area contributed by atoms with E-state index in [0.29, 0.717) is 6.54 Å². The van der Waals surface area contributed by atoms with Gasteiger partial charge in [0.1, 0.15) is 11.5 Å². The molecule has 1 heterocycles. The lowest BCUT2D eigenvalue weighted by molar-refractivity contribution is 0.0639. The van der Waals surface area contributed by atoms with Crippen molar-refractivity contribution in [2.45, 2.75) is 51.6 Å². The molecule has 26 heavy (non-hydrogen) atoms. The first kappa shape index (κ1) is 18.3. The smallest absolute Gasteiger partial charge is 0.274 e. The number of aromatic nitrogens is 2. The molecular weight excluding hydrogens is 333 g/mol. The molecule has 0 N–H and O–H groups in total. The third kappa shape index (κ3) is 4.18. The molecule has 0 atom stereocenters. The molecule has 6 heteroatoms. The number of carbonyl (C=O) groups is 1.